The molecular formula is C15H16BrN5. The number of hydrogen-bond donors (Lipinski definition) is 3. The van der Waals surface area contributed by atoms with Gasteiger partial charge in [0, 0.05) is 35.0 Å². The summed E-state index contributed by atoms with van der Waals surface area (Å²) in [6.45, 7) is 1.99. The standard InChI is InChI=1S/C15H16BrN5/c16-12-2-1-3-13-15(12)21-14(9-20-13)10(6-17)7-19-11-4-5-18-8-11/h1-3,6-7,9,11,17-19H,4-5,8H2/b10-7+,17-6?. The quantitative estimate of drug-likeness (QED) is 0.743. The molecule has 1 aromatic carbocycles. The number of allylic oxidation sites excluding steroid dienone is 1. The Balaban J connectivity index is 1.91. The van der Waals surface area contributed by atoms with Crippen LogP contribution >= 0.6 is 15.9 Å². The Labute approximate surface area is 131 Å². The van der Waals surface area contributed by atoms with Gasteiger partial charge in [0.25, 0.3) is 0 Å². The lowest BCUT2D eigenvalue weighted by Gasteiger charge is -2.10. The van der Waals surface area contributed by atoms with Gasteiger partial charge in [-0.2, -0.15) is 0 Å². The fraction of sp³-hybridized carbons (Fsp3) is 0.267. The summed E-state index contributed by atoms with van der Waals surface area (Å²) in [5.74, 6) is 0. The minimum absolute atomic E-state index is 0.417. The van der Waals surface area contributed by atoms with E-state index in [0.717, 1.165) is 40.6 Å². The zero-order valence-electron chi connectivity index (χ0n) is 11.4. The van der Waals surface area contributed by atoms with E-state index in [1.54, 1.807) is 6.20 Å². The summed E-state index contributed by atoms with van der Waals surface area (Å²) in [4.78, 5) is 9.02. The molecule has 3 N–H and O–H groups in total. The number of rotatable bonds is 4. The van der Waals surface area contributed by atoms with Gasteiger partial charge >= 0.3 is 0 Å². The van der Waals surface area contributed by atoms with Crippen molar-refractivity contribution in [2.75, 3.05) is 13.1 Å². The fourth-order valence-corrected chi connectivity index (χ4v) is 2.78. The highest BCUT2D eigenvalue weighted by atomic mass is 79.9. The Morgan fingerprint density at radius 3 is 3.14 bits per heavy atom. The van der Waals surface area contributed by atoms with Crippen LogP contribution in [0, 0.1) is 5.41 Å². The van der Waals surface area contributed by atoms with Gasteiger partial charge in [0.15, 0.2) is 0 Å². The van der Waals surface area contributed by atoms with Crippen molar-refractivity contribution in [2.24, 2.45) is 0 Å². The first-order chi connectivity index (χ1) is 10.3. The molecule has 21 heavy (non-hydrogen) atoms. The summed E-state index contributed by atoms with van der Waals surface area (Å²) in [7, 11) is 0. The SMILES string of the molecule is N=C/C(=C\NC1CCNC1)c1cnc2cccc(Br)c2n1. The molecule has 0 radical (unpaired) electrons. The Morgan fingerprint density at radius 1 is 1.48 bits per heavy atom. The van der Waals surface area contributed by atoms with Crippen molar-refractivity contribution >= 4 is 38.8 Å². The summed E-state index contributed by atoms with van der Waals surface area (Å²) in [5.41, 5.74) is 3.07. The molecule has 1 aromatic heterocycles. The third-order valence-electron chi connectivity index (χ3n) is 3.51. The molecule has 1 atom stereocenters. The first-order valence-corrected chi connectivity index (χ1v) is 7.66. The van der Waals surface area contributed by atoms with E-state index in [4.69, 9.17) is 5.41 Å². The van der Waals surface area contributed by atoms with E-state index in [0.29, 0.717) is 11.7 Å². The van der Waals surface area contributed by atoms with Gasteiger partial charge in [0.2, 0.25) is 0 Å². The molecule has 3 rings (SSSR count). The molecule has 0 spiro atoms. The zero-order chi connectivity index (χ0) is 14.7. The number of nitrogens with one attached hydrogen (secondary N) is 3. The molecule has 0 bridgehead atoms. The molecule has 108 valence electrons. The van der Waals surface area contributed by atoms with Gasteiger partial charge in [0.05, 0.1) is 17.4 Å². The van der Waals surface area contributed by atoms with Crippen LogP contribution in [-0.2, 0) is 0 Å². The normalized spacial score (nSPS) is 18.9. The van der Waals surface area contributed by atoms with Crippen LogP contribution in [0.15, 0.2) is 35.1 Å². The van der Waals surface area contributed by atoms with Gasteiger partial charge < -0.3 is 16.0 Å². The van der Waals surface area contributed by atoms with Crippen molar-refractivity contribution in [3.63, 3.8) is 0 Å². The first-order valence-electron chi connectivity index (χ1n) is 6.87. The van der Waals surface area contributed by atoms with E-state index in [-0.39, 0.29) is 0 Å². The van der Waals surface area contributed by atoms with Crippen LogP contribution in [-0.4, -0.2) is 35.3 Å². The van der Waals surface area contributed by atoms with Gasteiger partial charge in [-0.15, -0.1) is 0 Å². The number of para-hydroxylation sites is 1. The number of fused-ring (bicyclic) bond motifs is 1. The minimum Gasteiger partial charge on any atom is -0.386 e. The molecule has 6 heteroatoms. The molecule has 2 heterocycles. The smallest absolute Gasteiger partial charge is 0.104 e. The van der Waals surface area contributed by atoms with E-state index >= 15 is 0 Å². The van der Waals surface area contributed by atoms with E-state index < -0.39 is 0 Å². The molecule has 1 aliphatic rings. The third kappa shape index (κ3) is 3.11. The molecule has 2 aromatic rings. The molecule has 1 aliphatic heterocycles. The number of nitrogens with zero attached hydrogens (tertiary/aromatic N) is 2. The van der Waals surface area contributed by atoms with E-state index in [1.807, 2.05) is 24.4 Å². The molecule has 0 saturated carbocycles. The molecular weight excluding hydrogens is 330 g/mol. The van der Waals surface area contributed by atoms with Crippen LogP contribution < -0.4 is 10.6 Å². The zero-order valence-corrected chi connectivity index (χ0v) is 13.0. The fourth-order valence-electron chi connectivity index (χ4n) is 2.33. The van der Waals surface area contributed by atoms with Crippen molar-refractivity contribution in [1.29, 1.82) is 5.41 Å². The van der Waals surface area contributed by atoms with Crippen LogP contribution in [0.1, 0.15) is 12.1 Å². The Bertz CT molecular complexity index is 692. The van der Waals surface area contributed by atoms with Gasteiger partial charge in [0.1, 0.15) is 5.52 Å². The summed E-state index contributed by atoms with van der Waals surface area (Å²) >= 11 is 3.49. The van der Waals surface area contributed by atoms with Crippen molar-refractivity contribution in [3.05, 3.63) is 40.8 Å². The van der Waals surface area contributed by atoms with Gasteiger partial charge in [-0.05, 0) is 41.0 Å². The maximum Gasteiger partial charge on any atom is 0.104 e. The Morgan fingerprint density at radius 2 is 2.38 bits per heavy atom. The van der Waals surface area contributed by atoms with Crippen LogP contribution in [0.5, 0.6) is 0 Å². The maximum absolute atomic E-state index is 7.60. The average molecular weight is 346 g/mol. The van der Waals surface area contributed by atoms with Gasteiger partial charge in [-0.3, -0.25) is 4.98 Å². The van der Waals surface area contributed by atoms with Crippen LogP contribution in [0.25, 0.3) is 16.6 Å². The number of halogens is 1. The number of aromatic nitrogens is 2. The highest BCUT2D eigenvalue weighted by Gasteiger charge is 2.12. The third-order valence-corrected chi connectivity index (χ3v) is 4.15. The molecule has 5 nitrogen and oxygen atoms in total. The van der Waals surface area contributed by atoms with Crippen LogP contribution in [0.4, 0.5) is 0 Å². The number of benzene rings is 1. The molecule has 1 unspecified atom stereocenters. The van der Waals surface area contributed by atoms with Crippen molar-refractivity contribution in [3.8, 4) is 0 Å². The maximum atomic E-state index is 7.60. The lowest BCUT2D eigenvalue weighted by molar-refractivity contribution is 0.640. The van der Waals surface area contributed by atoms with Crippen molar-refractivity contribution in [2.45, 2.75) is 12.5 Å². The second-order valence-corrected chi connectivity index (χ2v) is 5.82. The molecule has 0 aliphatic carbocycles. The molecule has 1 fully saturated rings. The van der Waals surface area contributed by atoms with Gasteiger partial charge in [-0.1, -0.05) is 6.07 Å². The number of hydrogen-bond acceptors (Lipinski definition) is 5. The summed E-state index contributed by atoms with van der Waals surface area (Å²) in [5, 5.41) is 14.2. The second-order valence-electron chi connectivity index (χ2n) is 4.96. The topological polar surface area (TPSA) is 73.7 Å². The van der Waals surface area contributed by atoms with E-state index in [1.165, 1.54) is 6.21 Å². The van der Waals surface area contributed by atoms with E-state index in [2.05, 4.69) is 36.5 Å². The van der Waals surface area contributed by atoms with Crippen molar-refractivity contribution < 1.29 is 0 Å². The lowest BCUT2D eigenvalue weighted by Crippen LogP contribution is -2.26. The van der Waals surface area contributed by atoms with Crippen molar-refractivity contribution in [1.82, 2.24) is 20.6 Å². The van der Waals surface area contributed by atoms with Crippen LogP contribution in [0.3, 0.4) is 0 Å². The largest absolute Gasteiger partial charge is 0.386 e. The lowest BCUT2D eigenvalue weighted by atomic mass is 10.2. The highest BCUT2D eigenvalue weighted by Crippen LogP contribution is 2.21. The highest BCUT2D eigenvalue weighted by molar-refractivity contribution is 9.10. The first kappa shape index (κ1) is 14.2. The summed E-state index contributed by atoms with van der Waals surface area (Å²) in [6, 6.07) is 6.22. The van der Waals surface area contributed by atoms with E-state index in [9.17, 15) is 0 Å². The van der Waals surface area contributed by atoms with Gasteiger partial charge in [-0.25, -0.2) is 4.98 Å². The minimum atomic E-state index is 0.417. The summed E-state index contributed by atoms with van der Waals surface area (Å²) < 4.78 is 0.909. The second kappa shape index (κ2) is 6.32. The molecule has 0 amide bonds. The average Bonchev–Trinajstić information content (AvgIpc) is 3.02. The van der Waals surface area contributed by atoms with Crippen LogP contribution in [0.2, 0.25) is 0 Å². The Hall–Kier alpha value is -1.79. The predicted molar refractivity (Wildman–Crippen MR) is 88.4 cm³/mol. The monoisotopic (exact) mass is 345 g/mol. The predicted octanol–water partition coefficient (Wildman–Crippen LogP) is 2.33. The Kier molecular flexibility index (Phi) is 4.26. The summed E-state index contributed by atoms with van der Waals surface area (Å²) in [6.07, 6.45) is 5.97. The molecule has 1 saturated heterocycles.